The van der Waals surface area contributed by atoms with Crippen molar-refractivity contribution in [3.05, 3.63) is 46.1 Å². The van der Waals surface area contributed by atoms with Crippen LogP contribution in [0, 0.1) is 12.7 Å². The third kappa shape index (κ3) is 2.83. The maximum Gasteiger partial charge on any atom is 0.238 e. The van der Waals surface area contributed by atoms with Gasteiger partial charge in [0.2, 0.25) is 5.88 Å². The number of benzene rings is 1. The SMILES string of the molecule is Cc1cnc(Oc2c(F)cc(CO)cc2Br)cn1. The highest BCUT2D eigenvalue weighted by molar-refractivity contribution is 9.10. The Labute approximate surface area is 112 Å². The summed E-state index contributed by atoms with van der Waals surface area (Å²) < 4.78 is 19.5. The molecule has 0 spiro atoms. The van der Waals surface area contributed by atoms with Crippen molar-refractivity contribution >= 4 is 15.9 Å². The first-order valence-electron chi connectivity index (χ1n) is 5.15. The van der Waals surface area contributed by atoms with Crippen LogP contribution in [0.5, 0.6) is 11.6 Å². The van der Waals surface area contributed by atoms with E-state index in [0.29, 0.717) is 10.0 Å². The number of halogens is 2. The fraction of sp³-hybridized carbons (Fsp3) is 0.167. The molecule has 0 bridgehead atoms. The van der Waals surface area contributed by atoms with E-state index in [-0.39, 0.29) is 18.2 Å². The van der Waals surface area contributed by atoms with Gasteiger partial charge in [-0.3, -0.25) is 4.98 Å². The Balaban J connectivity index is 2.31. The van der Waals surface area contributed by atoms with E-state index >= 15 is 0 Å². The van der Waals surface area contributed by atoms with Gasteiger partial charge in [-0.15, -0.1) is 0 Å². The van der Waals surface area contributed by atoms with Crippen molar-refractivity contribution in [1.82, 2.24) is 9.97 Å². The van der Waals surface area contributed by atoms with Gasteiger partial charge in [0.05, 0.1) is 29.2 Å². The summed E-state index contributed by atoms with van der Waals surface area (Å²) in [5.74, 6) is -0.349. The van der Waals surface area contributed by atoms with Gasteiger partial charge in [-0.2, -0.15) is 0 Å². The molecule has 2 aromatic rings. The van der Waals surface area contributed by atoms with E-state index < -0.39 is 5.82 Å². The standard InChI is InChI=1S/C12H10BrFN2O2/c1-7-4-16-11(5-15-7)18-12-9(13)2-8(6-17)3-10(12)14/h2-5,17H,6H2,1H3. The van der Waals surface area contributed by atoms with Crippen molar-refractivity contribution < 1.29 is 14.2 Å². The Bertz CT molecular complexity index is 537. The summed E-state index contributed by atoms with van der Waals surface area (Å²) in [5, 5.41) is 8.95. The van der Waals surface area contributed by atoms with Crippen molar-refractivity contribution in [2.75, 3.05) is 0 Å². The van der Waals surface area contributed by atoms with Crippen LogP contribution in [0.2, 0.25) is 0 Å². The van der Waals surface area contributed by atoms with Crippen LogP contribution >= 0.6 is 15.9 Å². The topological polar surface area (TPSA) is 55.2 Å². The number of aromatic nitrogens is 2. The molecular weight excluding hydrogens is 303 g/mol. The zero-order valence-electron chi connectivity index (χ0n) is 9.52. The fourth-order valence-corrected chi connectivity index (χ4v) is 1.90. The Morgan fingerprint density at radius 2 is 2.11 bits per heavy atom. The Morgan fingerprint density at radius 1 is 1.33 bits per heavy atom. The Morgan fingerprint density at radius 3 is 2.67 bits per heavy atom. The van der Waals surface area contributed by atoms with E-state index in [9.17, 15) is 4.39 Å². The van der Waals surface area contributed by atoms with Gasteiger partial charge in [0.1, 0.15) is 0 Å². The van der Waals surface area contributed by atoms with E-state index in [2.05, 4.69) is 25.9 Å². The van der Waals surface area contributed by atoms with Crippen molar-refractivity contribution in [1.29, 1.82) is 0 Å². The van der Waals surface area contributed by atoms with Crippen LogP contribution in [-0.2, 0) is 6.61 Å². The molecule has 0 fully saturated rings. The van der Waals surface area contributed by atoms with Gasteiger partial charge in [-0.1, -0.05) is 0 Å². The zero-order chi connectivity index (χ0) is 13.1. The van der Waals surface area contributed by atoms with Gasteiger partial charge in [0.25, 0.3) is 0 Å². The molecule has 1 aromatic carbocycles. The average molecular weight is 313 g/mol. The highest BCUT2D eigenvalue weighted by Gasteiger charge is 2.12. The van der Waals surface area contributed by atoms with Crippen LogP contribution in [0.1, 0.15) is 11.3 Å². The van der Waals surface area contributed by atoms with E-state index in [1.165, 1.54) is 18.5 Å². The third-order valence-electron chi connectivity index (χ3n) is 2.20. The van der Waals surface area contributed by atoms with Crippen LogP contribution in [0.25, 0.3) is 0 Å². The number of aliphatic hydroxyl groups is 1. The molecule has 0 saturated heterocycles. The van der Waals surface area contributed by atoms with Gasteiger partial charge in [-0.25, -0.2) is 9.37 Å². The lowest BCUT2D eigenvalue weighted by molar-refractivity contribution is 0.280. The quantitative estimate of drug-likeness (QED) is 0.946. The number of rotatable bonds is 3. The highest BCUT2D eigenvalue weighted by atomic mass is 79.9. The summed E-state index contributed by atoms with van der Waals surface area (Å²) in [4.78, 5) is 7.98. The monoisotopic (exact) mass is 312 g/mol. The molecule has 0 amide bonds. The number of aryl methyl sites for hydroxylation is 1. The van der Waals surface area contributed by atoms with Gasteiger partial charge in [0, 0.05) is 0 Å². The van der Waals surface area contributed by atoms with Gasteiger partial charge >= 0.3 is 0 Å². The van der Waals surface area contributed by atoms with Crippen molar-refractivity contribution in [2.45, 2.75) is 13.5 Å². The van der Waals surface area contributed by atoms with E-state index in [0.717, 1.165) is 5.69 Å². The molecule has 2 rings (SSSR count). The first-order chi connectivity index (χ1) is 8.60. The average Bonchev–Trinajstić information content (AvgIpc) is 2.35. The molecule has 94 valence electrons. The predicted octanol–water partition coefficient (Wildman–Crippen LogP) is 2.97. The van der Waals surface area contributed by atoms with Crippen molar-refractivity contribution in [3.8, 4) is 11.6 Å². The Kier molecular flexibility index (Phi) is 3.88. The normalized spacial score (nSPS) is 10.4. The van der Waals surface area contributed by atoms with Crippen molar-refractivity contribution in [3.63, 3.8) is 0 Å². The molecule has 4 nitrogen and oxygen atoms in total. The molecule has 18 heavy (non-hydrogen) atoms. The summed E-state index contributed by atoms with van der Waals surface area (Å²) in [6.07, 6.45) is 2.95. The van der Waals surface area contributed by atoms with Gasteiger partial charge < -0.3 is 9.84 Å². The lowest BCUT2D eigenvalue weighted by Gasteiger charge is -2.09. The molecule has 0 radical (unpaired) electrons. The molecule has 0 saturated carbocycles. The second kappa shape index (κ2) is 5.41. The molecule has 0 aliphatic rings. The lowest BCUT2D eigenvalue weighted by Crippen LogP contribution is -1.95. The number of hydrogen-bond acceptors (Lipinski definition) is 4. The maximum absolute atomic E-state index is 13.7. The Hall–Kier alpha value is -1.53. The highest BCUT2D eigenvalue weighted by Crippen LogP contribution is 2.32. The van der Waals surface area contributed by atoms with Crippen LogP contribution in [0.15, 0.2) is 29.0 Å². The van der Waals surface area contributed by atoms with Crippen LogP contribution in [-0.4, -0.2) is 15.1 Å². The molecule has 1 N–H and O–H groups in total. The first-order valence-corrected chi connectivity index (χ1v) is 5.94. The second-order valence-electron chi connectivity index (χ2n) is 3.64. The van der Waals surface area contributed by atoms with Gasteiger partial charge in [-0.05, 0) is 40.5 Å². The first kappa shape index (κ1) is 12.9. The lowest BCUT2D eigenvalue weighted by atomic mass is 10.2. The molecule has 0 aliphatic carbocycles. The van der Waals surface area contributed by atoms with Crippen LogP contribution in [0.4, 0.5) is 4.39 Å². The molecule has 1 aromatic heterocycles. The number of hydrogen-bond donors (Lipinski definition) is 1. The molecule has 0 aliphatic heterocycles. The summed E-state index contributed by atoms with van der Waals surface area (Å²) >= 11 is 3.19. The number of ether oxygens (including phenoxy) is 1. The molecule has 6 heteroatoms. The summed E-state index contributed by atoms with van der Waals surface area (Å²) in [5.41, 5.74) is 1.21. The molecular formula is C12H10BrFN2O2. The number of aliphatic hydroxyl groups excluding tert-OH is 1. The third-order valence-corrected chi connectivity index (χ3v) is 2.79. The smallest absolute Gasteiger partial charge is 0.238 e. The molecule has 0 atom stereocenters. The van der Waals surface area contributed by atoms with E-state index in [1.54, 1.807) is 13.0 Å². The minimum absolute atomic E-state index is 0.0188. The molecule has 0 unspecified atom stereocenters. The zero-order valence-corrected chi connectivity index (χ0v) is 11.1. The minimum atomic E-state index is -0.573. The predicted molar refractivity (Wildman–Crippen MR) is 66.9 cm³/mol. The largest absolute Gasteiger partial charge is 0.433 e. The second-order valence-corrected chi connectivity index (χ2v) is 4.50. The van der Waals surface area contributed by atoms with Crippen LogP contribution < -0.4 is 4.74 Å². The summed E-state index contributed by atoms with van der Waals surface area (Å²) in [7, 11) is 0. The van der Waals surface area contributed by atoms with Crippen LogP contribution in [0.3, 0.4) is 0 Å². The van der Waals surface area contributed by atoms with E-state index in [1.807, 2.05) is 0 Å². The summed E-state index contributed by atoms with van der Waals surface area (Å²) in [6, 6.07) is 2.79. The minimum Gasteiger partial charge on any atom is -0.433 e. The van der Waals surface area contributed by atoms with E-state index in [4.69, 9.17) is 9.84 Å². The fourth-order valence-electron chi connectivity index (χ4n) is 1.34. The van der Waals surface area contributed by atoms with Crippen molar-refractivity contribution in [2.24, 2.45) is 0 Å². The maximum atomic E-state index is 13.7. The number of nitrogens with zero attached hydrogens (tertiary/aromatic N) is 2. The summed E-state index contributed by atoms with van der Waals surface area (Å²) in [6.45, 7) is 1.56. The molecule has 1 heterocycles. The van der Waals surface area contributed by atoms with Gasteiger partial charge in [0.15, 0.2) is 11.6 Å².